The van der Waals surface area contributed by atoms with Crippen molar-refractivity contribution in [3.05, 3.63) is 58.7 Å². The van der Waals surface area contributed by atoms with Crippen LogP contribution in [0.15, 0.2) is 36.4 Å². The molecule has 2 aliphatic rings. The van der Waals surface area contributed by atoms with Crippen molar-refractivity contribution in [2.45, 2.75) is 57.9 Å². The Hall–Kier alpha value is -2.37. The molecule has 2 heterocycles. The number of benzene rings is 2. The number of hydrogen-bond acceptors (Lipinski definition) is 5. The van der Waals surface area contributed by atoms with Crippen LogP contribution in [0.25, 0.3) is 0 Å². The molecule has 0 spiro atoms. The van der Waals surface area contributed by atoms with Gasteiger partial charge in [0.25, 0.3) is 0 Å². The van der Waals surface area contributed by atoms with Crippen molar-refractivity contribution in [3.8, 4) is 11.5 Å². The fraction of sp³-hybridized carbons (Fsp3) is 0.519. The standard InChI is InChI=1S/C27H35NO4/c1-4-20(12-15-30-5-2)21-6-8-22(9-7-21)25-16-23(17-28(25)13-14-29)24-10-11-26-27(19(24)3)32-18-31-26/h6-11,14,20,23,25H,4-5,12-13,15-18H2,1-3H3/t20?,23-,25-/m1/s1. The molecule has 172 valence electrons. The molecule has 0 N–H and O–H groups in total. The second kappa shape index (κ2) is 10.5. The number of hydrogen-bond donors (Lipinski definition) is 0. The molecular formula is C27H35NO4. The Morgan fingerprint density at radius 3 is 2.69 bits per heavy atom. The van der Waals surface area contributed by atoms with E-state index in [0.29, 0.717) is 25.2 Å². The summed E-state index contributed by atoms with van der Waals surface area (Å²) in [5.41, 5.74) is 5.12. The molecule has 2 aromatic rings. The van der Waals surface area contributed by atoms with Gasteiger partial charge in [-0.1, -0.05) is 37.3 Å². The highest BCUT2D eigenvalue weighted by Crippen LogP contribution is 2.45. The monoisotopic (exact) mass is 437 g/mol. The Bertz CT molecular complexity index is 911. The average Bonchev–Trinajstić information content (AvgIpc) is 3.45. The highest BCUT2D eigenvalue weighted by atomic mass is 16.7. The summed E-state index contributed by atoms with van der Waals surface area (Å²) in [5.74, 6) is 2.59. The first kappa shape index (κ1) is 22.8. The second-order valence-corrected chi connectivity index (χ2v) is 8.84. The molecular weight excluding hydrogens is 402 g/mol. The van der Waals surface area contributed by atoms with Crippen LogP contribution in [0.4, 0.5) is 0 Å². The molecule has 32 heavy (non-hydrogen) atoms. The molecule has 0 amide bonds. The van der Waals surface area contributed by atoms with E-state index < -0.39 is 0 Å². The van der Waals surface area contributed by atoms with Crippen molar-refractivity contribution < 1.29 is 19.0 Å². The van der Waals surface area contributed by atoms with Gasteiger partial charge in [-0.05, 0) is 73.3 Å². The van der Waals surface area contributed by atoms with E-state index in [-0.39, 0.29) is 6.04 Å². The van der Waals surface area contributed by atoms with Gasteiger partial charge in [-0.25, -0.2) is 0 Å². The van der Waals surface area contributed by atoms with E-state index in [2.05, 4.69) is 49.1 Å². The van der Waals surface area contributed by atoms with Crippen LogP contribution in [0.5, 0.6) is 11.5 Å². The van der Waals surface area contributed by atoms with E-state index in [4.69, 9.17) is 14.2 Å². The number of likely N-dealkylation sites (tertiary alicyclic amines) is 1. The van der Waals surface area contributed by atoms with Crippen LogP contribution in [0.1, 0.15) is 73.2 Å². The lowest BCUT2D eigenvalue weighted by Gasteiger charge is -2.23. The van der Waals surface area contributed by atoms with Crippen LogP contribution < -0.4 is 9.47 Å². The molecule has 5 nitrogen and oxygen atoms in total. The third-order valence-electron chi connectivity index (χ3n) is 7.08. The molecule has 2 aromatic carbocycles. The molecule has 0 aromatic heterocycles. The average molecular weight is 438 g/mol. The van der Waals surface area contributed by atoms with E-state index in [1.165, 1.54) is 16.7 Å². The normalized spacial score (nSPS) is 21.1. The fourth-order valence-electron chi connectivity index (χ4n) is 5.31. The minimum atomic E-state index is 0.243. The lowest BCUT2D eigenvalue weighted by atomic mass is 9.89. The molecule has 0 saturated carbocycles. The van der Waals surface area contributed by atoms with Gasteiger partial charge in [0, 0.05) is 25.8 Å². The highest BCUT2D eigenvalue weighted by Gasteiger charge is 2.35. The number of rotatable bonds is 10. The van der Waals surface area contributed by atoms with E-state index in [9.17, 15) is 4.79 Å². The van der Waals surface area contributed by atoms with Crippen molar-refractivity contribution in [3.63, 3.8) is 0 Å². The Morgan fingerprint density at radius 1 is 1.16 bits per heavy atom. The Balaban J connectivity index is 1.52. The fourth-order valence-corrected chi connectivity index (χ4v) is 5.31. The lowest BCUT2D eigenvalue weighted by molar-refractivity contribution is -0.109. The topological polar surface area (TPSA) is 48.0 Å². The van der Waals surface area contributed by atoms with Gasteiger partial charge >= 0.3 is 0 Å². The minimum absolute atomic E-state index is 0.243. The molecule has 1 fully saturated rings. The van der Waals surface area contributed by atoms with Crippen LogP contribution in [-0.4, -0.2) is 44.3 Å². The molecule has 4 rings (SSSR count). The van der Waals surface area contributed by atoms with Gasteiger partial charge in [-0.2, -0.15) is 0 Å². The smallest absolute Gasteiger partial charge is 0.231 e. The first-order valence-corrected chi connectivity index (χ1v) is 11.9. The highest BCUT2D eigenvalue weighted by molar-refractivity contribution is 5.54. The van der Waals surface area contributed by atoms with Gasteiger partial charge < -0.3 is 19.0 Å². The van der Waals surface area contributed by atoms with E-state index in [1.54, 1.807) is 0 Å². The van der Waals surface area contributed by atoms with Crippen molar-refractivity contribution in [2.24, 2.45) is 0 Å². The first-order valence-electron chi connectivity index (χ1n) is 11.9. The quantitative estimate of drug-likeness (QED) is 0.369. The first-order chi connectivity index (χ1) is 15.7. The zero-order valence-electron chi connectivity index (χ0n) is 19.5. The summed E-state index contributed by atoms with van der Waals surface area (Å²) >= 11 is 0. The summed E-state index contributed by atoms with van der Waals surface area (Å²) in [7, 11) is 0. The minimum Gasteiger partial charge on any atom is -0.454 e. The summed E-state index contributed by atoms with van der Waals surface area (Å²) in [5, 5.41) is 0. The van der Waals surface area contributed by atoms with Crippen molar-refractivity contribution in [1.29, 1.82) is 0 Å². The van der Waals surface area contributed by atoms with Gasteiger partial charge in [-0.15, -0.1) is 0 Å². The third-order valence-corrected chi connectivity index (χ3v) is 7.08. The van der Waals surface area contributed by atoms with Gasteiger partial charge in [0.05, 0.1) is 6.54 Å². The number of nitrogens with zero attached hydrogens (tertiary/aromatic N) is 1. The van der Waals surface area contributed by atoms with Crippen LogP contribution in [-0.2, 0) is 9.53 Å². The Labute approximate surface area is 191 Å². The molecule has 0 aliphatic carbocycles. The maximum Gasteiger partial charge on any atom is 0.231 e. The SMILES string of the molecule is CCOCCC(CC)c1ccc([C@H]2C[C@@H](c3ccc4c(c3C)OCO4)CN2CC=O)cc1. The number of ether oxygens (including phenoxy) is 3. The van der Waals surface area contributed by atoms with Crippen molar-refractivity contribution in [1.82, 2.24) is 4.90 Å². The third kappa shape index (κ3) is 4.69. The molecule has 1 saturated heterocycles. The molecule has 0 bridgehead atoms. The second-order valence-electron chi connectivity index (χ2n) is 8.84. The lowest BCUT2D eigenvalue weighted by Crippen LogP contribution is -2.25. The zero-order valence-corrected chi connectivity index (χ0v) is 19.5. The largest absolute Gasteiger partial charge is 0.454 e. The summed E-state index contributed by atoms with van der Waals surface area (Å²) < 4.78 is 16.8. The van der Waals surface area contributed by atoms with Gasteiger partial charge in [0.2, 0.25) is 6.79 Å². The maximum atomic E-state index is 11.4. The molecule has 5 heteroatoms. The van der Waals surface area contributed by atoms with E-state index in [1.807, 2.05) is 13.0 Å². The number of carbonyl (C=O) groups excluding carboxylic acids is 1. The number of carbonyl (C=O) groups is 1. The van der Waals surface area contributed by atoms with Gasteiger partial charge in [0.15, 0.2) is 11.5 Å². The Morgan fingerprint density at radius 2 is 1.97 bits per heavy atom. The predicted octanol–water partition coefficient (Wildman–Crippen LogP) is 5.37. The summed E-state index contributed by atoms with van der Waals surface area (Å²) in [4.78, 5) is 13.7. The number of aldehydes is 1. The Kier molecular flexibility index (Phi) is 7.48. The maximum absolute atomic E-state index is 11.4. The van der Waals surface area contributed by atoms with Crippen LogP contribution >= 0.6 is 0 Å². The zero-order chi connectivity index (χ0) is 22.5. The molecule has 2 aliphatic heterocycles. The van der Waals surface area contributed by atoms with E-state index >= 15 is 0 Å². The summed E-state index contributed by atoms with van der Waals surface area (Å²) in [6.45, 7) is 9.60. The predicted molar refractivity (Wildman–Crippen MR) is 126 cm³/mol. The van der Waals surface area contributed by atoms with Crippen LogP contribution in [0.3, 0.4) is 0 Å². The van der Waals surface area contributed by atoms with Crippen LogP contribution in [0.2, 0.25) is 0 Å². The molecule has 3 atom stereocenters. The summed E-state index contributed by atoms with van der Waals surface area (Å²) in [6.07, 6.45) is 4.18. The van der Waals surface area contributed by atoms with Crippen molar-refractivity contribution in [2.75, 3.05) is 33.1 Å². The molecule has 0 radical (unpaired) electrons. The van der Waals surface area contributed by atoms with Crippen LogP contribution in [0, 0.1) is 6.92 Å². The number of fused-ring (bicyclic) bond motifs is 1. The summed E-state index contributed by atoms with van der Waals surface area (Å²) in [6, 6.07) is 13.5. The van der Waals surface area contributed by atoms with E-state index in [0.717, 1.165) is 62.4 Å². The van der Waals surface area contributed by atoms with Crippen molar-refractivity contribution >= 4 is 6.29 Å². The van der Waals surface area contributed by atoms with Gasteiger partial charge in [0.1, 0.15) is 6.29 Å². The molecule has 1 unspecified atom stereocenters. The van der Waals surface area contributed by atoms with Gasteiger partial charge in [-0.3, -0.25) is 4.90 Å².